The molecule has 2 aromatic heterocycles. The zero-order valence-electron chi connectivity index (χ0n) is 15.7. The summed E-state index contributed by atoms with van der Waals surface area (Å²) in [5, 5.41) is 12.6. The Bertz CT molecular complexity index is 1120. The van der Waals surface area contributed by atoms with Gasteiger partial charge in [-0.05, 0) is 37.8 Å². The highest BCUT2D eigenvalue weighted by atomic mass is 16.5. The number of hydrogen-bond donors (Lipinski definition) is 2. The van der Waals surface area contributed by atoms with E-state index in [1.807, 2.05) is 24.3 Å². The first-order chi connectivity index (χ1) is 14.1. The summed E-state index contributed by atoms with van der Waals surface area (Å²) in [6, 6.07) is 14.1. The molecule has 0 spiro atoms. The zero-order chi connectivity index (χ0) is 20.2. The zero-order valence-corrected chi connectivity index (χ0v) is 15.7. The van der Waals surface area contributed by atoms with Gasteiger partial charge in [0.25, 0.3) is 5.91 Å². The summed E-state index contributed by atoms with van der Waals surface area (Å²) in [6.07, 6.45) is 4.68. The van der Waals surface area contributed by atoms with Crippen LogP contribution in [-0.4, -0.2) is 28.0 Å². The summed E-state index contributed by atoms with van der Waals surface area (Å²) in [5.74, 6) is 0.275. The molecule has 3 aromatic rings. The van der Waals surface area contributed by atoms with Crippen molar-refractivity contribution in [2.45, 2.75) is 37.8 Å². The molecule has 0 saturated heterocycles. The van der Waals surface area contributed by atoms with Gasteiger partial charge < -0.3 is 15.0 Å². The van der Waals surface area contributed by atoms with Gasteiger partial charge in [-0.15, -0.1) is 0 Å². The molecule has 1 aliphatic carbocycles. The van der Waals surface area contributed by atoms with Crippen LogP contribution in [0.15, 0.2) is 53.5 Å². The van der Waals surface area contributed by atoms with Gasteiger partial charge in [0, 0.05) is 35.3 Å². The highest BCUT2D eigenvalue weighted by Gasteiger charge is 2.25. The van der Waals surface area contributed by atoms with Crippen LogP contribution in [0.5, 0.6) is 5.88 Å². The van der Waals surface area contributed by atoms with E-state index in [4.69, 9.17) is 10.00 Å². The van der Waals surface area contributed by atoms with Crippen LogP contribution in [0.2, 0.25) is 0 Å². The predicted octanol–water partition coefficient (Wildman–Crippen LogP) is 2.91. The van der Waals surface area contributed by atoms with Crippen LogP contribution >= 0.6 is 0 Å². The van der Waals surface area contributed by atoms with Gasteiger partial charge in [-0.25, -0.2) is 4.98 Å². The van der Waals surface area contributed by atoms with Crippen LogP contribution in [0.25, 0.3) is 10.9 Å². The topological polar surface area (TPSA) is 108 Å². The number of para-hydroxylation sites is 1. The molecule has 1 amide bonds. The van der Waals surface area contributed by atoms with E-state index in [1.165, 1.54) is 12.3 Å². The van der Waals surface area contributed by atoms with E-state index in [9.17, 15) is 9.59 Å². The molecule has 7 nitrogen and oxygen atoms in total. The Morgan fingerprint density at radius 2 is 1.97 bits per heavy atom. The summed E-state index contributed by atoms with van der Waals surface area (Å²) in [6.45, 7) is 0. The molecule has 4 rings (SSSR count). The molecule has 0 aliphatic heterocycles. The number of aromatic nitrogens is 2. The van der Waals surface area contributed by atoms with Gasteiger partial charge in [0.1, 0.15) is 12.2 Å². The molecule has 1 saturated carbocycles. The van der Waals surface area contributed by atoms with Crippen molar-refractivity contribution < 1.29 is 9.53 Å². The number of nitriles is 1. The van der Waals surface area contributed by atoms with Crippen molar-refractivity contribution in [3.05, 3.63) is 70.1 Å². The molecule has 29 heavy (non-hydrogen) atoms. The third-order valence-electron chi connectivity index (χ3n) is 5.16. The van der Waals surface area contributed by atoms with Gasteiger partial charge in [0.15, 0.2) is 0 Å². The molecule has 0 unspecified atom stereocenters. The number of nitrogens with zero attached hydrogens (tertiary/aromatic N) is 2. The van der Waals surface area contributed by atoms with Crippen molar-refractivity contribution in [2.75, 3.05) is 0 Å². The molecule has 2 N–H and O–H groups in total. The number of benzene rings is 1. The van der Waals surface area contributed by atoms with Crippen molar-refractivity contribution in [3.8, 4) is 11.9 Å². The van der Waals surface area contributed by atoms with E-state index in [1.54, 1.807) is 18.2 Å². The van der Waals surface area contributed by atoms with E-state index in [0.29, 0.717) is 22.5 Å². The normalized spacial score (nSPS) is 18.7. The van der Waals surface area contributed by atoms with E-state index < -0.39 is 0 Å². The molecular formula is C22H20N4O3. The lowest BCUT2D eigenvalue weighted by Gasteiger charge is -2.29. The van der Waals surface area contributed by atoms with Gasteiger partial charge in [-0.2, -0.15) is 5.26 Å². The number of fused-ring (bicyclic) bond motifs is 1. The van der Waals surface area contributed by atoms with Crippen LogP contribution in [0.1, 0.15) is 41.6 Å². The number of hydrogen-bond acceptors (Lipinski definition) is 5. The summed E-state index contributed by atoms with van der Waals surface area (Å²) in [7, 11) is 0. The van der Waals surface area contributed by atoms with Crippen LogP contribution in [0.4, 0.5) is 0 Å². The fourth-order valence-corrected chi connectivity index (χ4v) is 3.67. The first-order valence-electron chi connectivity index (χ1n) is 9.58. The molecule has 0 radical (unpaired) electrons. The number of aromatic amines is 1. The van der Waals surface area contributed by atoms with Crippen molar-refractivity contribution in [1.29, 1.82) is 5.26 Å². The lowest BCUT2D eigenvalue weighted by atomic mass is 9.92. The number of H-pyrrole nitrogens is 1. The average molecular weight is 388 g/mol. The van der Waals surface area contributed by atoms with Gasteiger partial charge >= 0.3 is 0 Å². The Labute approximate surface area is 167 Å². The predicted molar refractivity (Wildman–Crippen MR) is 108 cm³/mol. The van der Waals surface area contributed by atoms with Crippen LogP contribution in [-0.2, 0) is 0 Å². The lowest BCUT2D eigenvalue weighted by molar-refractivity contribution is 0.0891. The van der Waals surface area contributed by atoms with Gasteiger partial charge in [-0.1, -0.05) is 18.2 Å². The third kappa shape index (κ3) is 4.27. The molecule has 7 heteroatoms. The standard InChI is InChI=1S/C22H20N4O3/c23-12-14-5-10-21(24-13-14)29-16-8-6-15(7-9-16)25-22(28)18-11-20(27)26-19-4-2-1-3-17(18)19/h1-5,10-11,13,15-16H,6-9H2,(H,25,28)(H,26,27). The highest BCUT2D eigenvalue weighted by Crippen LogP contribution is 2.24. The first-order valence-corrected chi connectivity index (χ1v) is 9.58. The minimum absolute atomic E-state index is 0.0315. The van der Waals surface area contributed by atoms with Crippen LogP contribution in [0.3, 0.4) is 0 Å². The molecule has 1 aromatic carbocycles. The maximum absolute atomic E-state index is 12.8. The van der Waals surface area contributed by atoms with E-state index >= 15 is 0 Å². The Morgan fingerprint density at radius 3 is 2.69 bits per heavy atom. The summed E-state index contributed by atoms with van der Waals surface area (Å²) in [5.41, 5.74) is 1.25. The quantitative estimate of drug-likeness (QED) is 0.714. The summed E-state index contributed by atoms with van der Waals surface area (Å²) < 4.78 is 5.89. The molecule has 2 heterocycles. The smallest absolute Gasteiger partial charge is 0.252 e. The molecule has 0 atom stereocenters. The fourth-order valence-electron chi connectivity index (χ4n) is 3.67. The van der Waals surface area contributed by atoms with Crippen LogP contribution in [0, 0.1) is 11.3 Å². The Morgan fingerprint density at radius 1 is 1.17 bits per heavy atom. The molecule has 1 fully saturated rings. The largest absolute Gasteiger partial charge is 0.474 e. The molecule has 0 bridgehead atoms. The van der Waals surface area contributed by atoms with Crippen LogP contribution < -0.4 is 15.6 Å². The second-order valence-electron chi connectivity index (χ2n) is 7.15. The number of rotatable bonds is 4. The average Bonchev–Trinajstić information content (AvgIpc) is 2.75. The minimum Gasteiger partial charge on any atom is -0.474 e. The first kappa shape index (κ1) is 18.7. The number of carbonyl (C=O) groups is 1. The van der Waals surface area contributed by atoms with E-state index in [2.05, 4.69) is 15.3 Å². The van der Waals surface area contributed by atoms with E-state index in [0.717, 1.165) is 31.1 Å². The molecule has 146 valence electrons. The van der Waals surface area contributed by atoms with E-state index in [-0.39, 0.29) is 23.6 Å². The number of ether oxygens (including phenoxy) is 1. The molecule has 1 aliphatic rings. The third-order valence-corrected chi connectivity index (χ3v) is 5.16. The number of pyridine rings is 2. The summed E-state index contributed by atoms with van der Waals surface area (Å²) >= 11 is 0. The number of nitrogens with one attached hydrogen (secondary N) is 2. The SMILES string of the molecule is N#Cc1ccc(OC2CCC(NC(=O)c3cc(=O)[nH]c4ccccc34)CC2)nc1. The lowest BCUT2D eigenvalue weighted by Crippen LogP contribution is -2.40. The Hall–Kier alpha value is -3.66. The second-order valence-corrected chi connectivity index (χ2v) is 7.15. The highest BCUT2D eigenvalue weighted by molar-refractivity contribution is 6.06. The van der Waals surface area contributed by atoms with Crippen molar-refractivity contribution in [1.82, 2.24) is 15.3 Å². The van der Waals surface area contributed by atoms with Crippen molar-refractivity contribution in [3.63, 3.8) is 0 Å². The number of amides is 1. The molecular weight excluding hydrogens is 368 g/mol. The maximum Gasteiger partial charge on any atom is 0.252 e. The monoisotopic (exact) mass is 388 g/mol. The summed E-state index contributed by atoms with van der Waals surface area (Å²) in [4.78, 5) is 31.6. The van der Waals surface area contributed by atoms with Gasteiger partial charge in [0.2, 0.25) is 11.4 Å². The Balaban J connectivity index is 1.37. The fraction of sp³-hybridized carbons (Fsp3) is 0.273. The van der Waals surface area contributed by atoms with Gasteiger partial charge in [0.05, 0.1) is 11.1 Å². The Kier molecular flexibility index (Phi) is 5.25. The van der Waals surface area contributed by atoms with Crippen molar-refractivity contribution >= 4 is 16.8 Å². The second kappa shape index (κ2) is 8.15. The van der Waals surface area contributed by atoms with Crippen molar-refractivity contribution in [2.24, 2.45) is 0 Å². The van der Waals surface area contributed by atoms with Gasteiger partial charge in [-0.3, -0.25) is 9.59 Å². The number of carbonyl (C=O) groups excluding carboxylic acids is 1. The maximum atomic E-state index is 12.8. The minimum atomic E-state index is -0.291.